The molecular formula is C15H22Cl2N2O2. The van der Waals surface area contributed by atoms with E-state index in [1.54, 1.807) is 13.2 Å². The van der Waals surface area contributed by atoms with Gasteiger partial charge < -0.3 is 15.4 Å². The second-order valence-corrected chi connectivity index (χ2v) is 5.61. The molecule has 118 valence electrons. The molecule has 0 aromatic heterocycles. The predicted octanol–water partition coefficient (Wildman–Crippen LogP) is 2.28. The molecule has 4 nitrogen and oxygen atoms in total. The van der Waals surface area contributed by atoms with Crippen LogP contribution in [-0.4, -0.2) is 32.7 Å². The number of hydrogen-bond donors (Lipinski definition) is 2. The summed E-state index contributed by atoms with van der Waals surface area (Å²) in [5, 5.41) is 6.84. The third kappa shape index (κ3) is 4.77. The van der Waals surface area contributed by atoms with Crippen LogP contribution >= 0.6 is 24.0 Å². The largest absolute Gasteiger partial charge is 0.497 e. The van der Waals surface area contributed by atoms with Gasteiger partial charge >= 0.3 is 0 Å². The van der Waals surface area contributed by atoms with E-state index in [0.29, 0.717) is 17.5 Å². The van der Waals surface area contributed by atoms with Gasteiger partial charge in [0.15, 0.2) is 0 Å². The highest BCUT2D eigenvalue weighted by Crippen LogP contribution is 2.22. The van der Waals surface area contributed by atoms with Crippen molar-refractivity contribution in [3.8, 4) is 5.75 Å². The minimum Gasteiger partial charge on any atom is -0.497 e. The summed E-state index contributed by atoms with van der Waals surface area (Å²) in [5.41, 5.74) is 1.02. The molecule has 0 bridgehead atoms. The van der Waals surface area contributed by atoms with Crippen molar-refractivity contribution < 1.29 is 9.53 Å². The van der Waals surface area contributed by atoms with Crippen molar-refractivity contribution in [2.45, 2.75) is 13.3 Å². The van der Waals surface area contributed by atoms with Gasteiger partial charge in [-0.3, -0.25) is 4.79 Å². The normalized spacial score (nSPS) is 15.6. The first-order valence-corrected chi connectivity index (χ1v) is 7.30. The zero-order chi connectivity index (χ0) is 14.5. The third-order valence-corrected chi connectivity index (χ3v) is 4.24. The molecule has 1 unspecified atom stereocenters. The monoisotopic (exact) mass is 332 g/mol. The first-order chi connectivity index (χ1) is 9.61. The van der Waals surface area contributed by atoms with Gasteiger partial charge in [-0.15, -0.1) is 12.4 Å². The lowest BCUT2D eigenvalue weighted by Crippen LogP contribution is -2.49. The Labute approximate surface area is 137 Å². The number of nitrogens with one attached hydrogen (secondary N) is 2. The Morgan fingerprint density at radius 1 is 1.52 bits per heavy atom. The molecular weight excluding hydrogens is 311 g/mol. The number of halogens is 2. The highest BCUT2D eigenvalue weighted by molar-refractivity contribution is 6.31. The molecule has 1 amide bonds. The molecule has 1 aromatic rings. The van der Waals surface area contributed by atoms with E-state index in [1.807, 2.05) is 19.1 Å². The van der Waals surface area contributed by atoms with Gasteiger partial charge in [0.05, 0.1) is 7.11 Å². The number of amides is 1. The minimum atomic E-state index is 0. The maximum atomic E-state index is 12.0. The Morgan fingerprint density at radius 2 is 2.24 bits per heavy atom. The summed E-state index contributed by atoms with van der Waals surface area (Å²) in [5.74, 6) is 1.41. The highest BCUT2D eigenvalue weighted by Gasteiger charge is 2.28. The molecule has 1 aromatic carbocycles. The second kappa shape index (κ2) is 8.47. The molecule has 2 rings (SSSR count). The average molecular weight is 333 g/mol. The van der Waals surface area contributed by atoms with E-state index in [-0.39, 0.29) is 24.2 Å². The van der Waals surface area contributed by atoms with Crippen LogP contribution in [0.2, 0.25) is 5.02 Å². The number of rotatable bonds is 6. The Hall–Kier alpha value is -0.970. The van der Waals surface area contributed by atoms with E-state index in [1.165, 1.54) is 0 Å². The number of carbonyl (C=O) groups is 1. The van der Waals surface area contributed by atoms with E-state index in [4.69, 9.17) is 16.3 Å². The quantitative estimate of drug-likeness (QED) is 0.840. The summed E-state index contributed by atoms with van der Waals surface area (Å²) in [6.45, 7) is 4.48. The minimum absolute atomic E-state index is 0. The standard InChI is InChI=1S/C15H21ClN2O2.ClH/c1-10(12-8-17-9-12)15(19)18-6-5-11-3-4-13(20-2)7-14(11)16;/h3-4,7,10,12,17H,5-6,8-9H2,1-2H3,(H,18,19);1H. The van der Waals surface area contributed by atoms with E-state index >= 15 is 0 Å². The molecule has 1 fully saturated rings. The smallest absolute Gasteiger partial charge is 0.223 e. The van der Waals surface area contributed by atoms with Gasteiger partial charge in [0.1, 0.15) is 5.75 Å². The number of hydrogen-bond acceptors (Lipinski definition) is 3. The zero-order valence-corrected chi connectivity index (χ0v) is 13.9. The average Bonchev–Trinajstić information content (AvgIpc) is 2.38. The maximum Gasteiger partial charge on any atom is 0.223 e. The van der Waals surface area contributed by atoms with Crippen LogP contribution in [0.4, 0.5) is 0 Å². The van der Waals surface area contributed by atoms with E-state index < -0.39 is 0 Å². The predicted molar refractivity (Wildman–Crippen MR) is 87.5 cm³/mol. The van der Waals surface area contributed by atoms with E-state index in [0.717, 1.165) is 30.8 Å². The van der Waals surface area contributed by atoms with Crippen LogP contribution in [0, 0.1) is 11.8 Å². The Bertz CT molecular complexity index is 479. The molecule has 1 saturated heterocycles. The molecule has 6 heteroatoms. The van der Waals surface area contributed by atoms with Crippen molar-refractivity contribution >= 4 is 29.9 Å². The molecule has 0 saturated carbocycles. The molecule has 21 heavy (non-hydrogen) atoms. The van der Waals surface area contributed by atoms with E-state index in [9.17, 15) is 4.79 Å². The first-order valence-electron chi connectivity index (χ1n) is 6.92. The SMILES string of the molecule is COc1ccc(CCNC(=O)C(C)C2CNC2)c(Cl)c1.Cl. The fraction of sp³-hybridized carbons (Fsp3) is 0.533. The van der Waals surface area contributed by atoms with Crippen molar-refractivity contribution in [1.29, 1.82) is 0 Å². The topological polar surface area (TPSA) is 50.4 Å². The summed E-state index contributed by atoms with van der Waals surface area (Å²) in [6, 6.07) is 5.61. The summed E-state index contributed by atoms with van der Waals surface area (Å²) in [4.78, 5) is 12.0. The molecule has 1 aliphatic heterocycles. The van der Waals surface area contributed by atoms with Crippen LogP contribution in [0.5, 0.6) is 5.75 Å². The number of methoxy groups -OCH3 is 1. The van der Waals surface area contributed by atoms with Gasteiger partial charge in [0.25, 0.3) is 0 Å². The zero-order valence-electron chi connectivity index (χ0n) is 12.3. The van der Waals surface area contributed by atoms with Gasteiger partial charge in [-0.1, -0.05) is 24.6 Å². The summed E-state index contributed by atoms with van der Waals surface area (Å²) in [6.07, 6.45) is 0.726. The number of benzene rings is 1. The maximum absolute atomic E-state index is 12.0. The van der Waals surface area contributed by atoms with Crippen LogP contribution in [0.25, 0.3) is 0 Å². The van der Waals surface area contributed by atoms with E-state index in [2.05, 4.69) is 10.6 Å². The van der Waals surface area contributed by atoms with Crippen LogP contribution in [0.15, 0.2) is 18.2 Å². The third-order valence-electron chi connectivity index (χ3n) is 3.89. The highest BCUT2D eigenvalue weighted by atomic mass is 35.5. The molecule has 1 atom stereocenters. The molecule has 1 heterocycles. The van der Waals surface area contributed by atoms with Crippen molar-refractivity contribution in [3.05, 3.63) is 28.8 Å². The van der Waals surface area contributed by atoms with Crippen molar-refractivity contribution in [1.82, 2.24) is 10.6 Å². The molecule has 0 spiro atoms. The Kier molecular flexibility index (Phi) is 7.29. The summed E-state index contributed by atoms with van der Waals surface area (Å²) < 4.78 is 5.11. The number of ether oxygens (including phenoxy) is 1. The lowest BCUT2D eigenvalue weighted by molar-refractivity contribution is -0.126. The van der Waals surface area contributed by atoms with Crippen LogP contribution < -0.4 is 15.4 Å². The Morgan fingerprint density at radius 3 is 2.76 bits per heavy atom. The van der Waals surface area contributed by atoms with Gasteiger partial charge in [-0.25, -0.2) is 0 Å². The Balaban J connectivity index is 0.00000220. The van der Waals surface area contributed by atoms with Crippen LogP contribution in [0.3, 0.4) is 0 Å². The summed E-state index contributed by atoms with van der Waals surface area (Å²) in [7, 11) is 1.61. The lowest BCUT2D eigenvalue weighted by Gasteiger charge is -2.31. The molecule has 0 aliphatic carbocycles. The summed E-state index contributed by atoms with van der Waals surface area (Å²) >= 11 is 6.17. The number of carbonyl (C=O) groups excluding carboxylic acids is 1. The fourth-order valence-corrected chi connectivity index (χ4v) is 2.48. The van der Waals surface area contributed by atoms with Crippen molar-refractivity contribution in [2.24, 2.45) is 11.8 Å². The van der Waals surface area contributed by atoms with Crippen molar-refractivity contribution in [2.75, 3.05) is 26.7 Å². The fourth-order valence-electron chi connectivity index (χ4n) is 2.22. The van der Waals surface area contributed by atoms with Crippen molar-refractivity contribution in [3.63, 3.8) is 0 Å². The second-order valence-electron chi connectivity index (χ2n) is 5.21. The molecule has 2 N–H and O–H groups in total. The molecule has 0 radical (unpaired) electrons. The van der Waals surface area contributed by atoms with Gasteiger partial charge in [0.2, 0.25) is 5.91 Å². The van der Waals surface area contributed by atoms with Gasteiger partial charge in [-0.05, 0) is 43.1 Å². The van der Waals surface area contributed by atoms with Gasteiger partial charge in [-0.2, -0.15) is 0 Å². The first kappa shape index (κ1) is 18.1. The van der Waals surface area contributed by atoms with Crippen LogP contribution in [0.1, 0.15) is 12.5 Å². The molecule has 1 aliphatic rings. The van der Waals surface area contributed by atoms with Gasteiger partial charge in [0, 0.05) is 17.5 Å². The lowest BCUT2D eigenvalue weighted by atomic mass is 9.88. The van der Waals surface area contributed by atoms with Crippen LogP contribution in [-0.2, 0) is 11.2 Å².